The molecule has 2 saturated heterocycles. The van der Waals surface area contributed by atoms with Gasteiger partial charge in [0.2, 0.25) is 5.91 Å². The fourth-order valence-electron chi connectivity index (χ4n) is 4.62. The molecule has 7 heteroatoms. The second kappa shape index (κ2) is 9.96. The highest BCUT2D eigenvalue weighted by molar-refractivity contribution is 6.02. The Labute approximate surface area is 188 Å². The summed E-state index contributed by atoms with van der Waals surface area (Å²) in [6.07, 6.45) is 2.06. The van der Waals surface area contributed by atoms with Crippen LogP contribution in [0.15, 0.2) is 54.6 Å². The third-order valence-corrected chi connectivity index (χ3v) is 6.38. The SMILES string of the molecule is C[C@@H]1C[C@H](CCNC(=O)c2ccccc2CN2C(=O)CNC2=O)CN1Cc1ccccc1. The van der Waals surface area contributed by atoms with Crippen molar-refractivity contribution in [2.75, 3.05) is 19.6 Å². The van der Waals surface area contributed by atoms with Crippen LogP contribution >= 0.6 is 0 Å². The molecule has 2 fully saturated rings. The molecule has 0 saturated carbocycles. The average Bonchev–Trinajstić information content (AvgIpc) is 3.30. The Kier molecular flexibility index (Phi) is 6.85. The minimum Gasteiger partial charge on any atom is -0.352 e. The predicted molar refractivity (Wildman–Crippen MR) is 122 cm³/mol. The molecule has 4 rings (SSSR count). The lowest BCUT2D eigenvalue weighted by molar-refractivity contribution is -0.125. The Morgan fingerprint density at radius 2 is 1.81 bits per heavy atom. The number of benzene rings is 2. The number of nitrogens with zero attached hydrogens (tertiary/aromatic N) is 2. The van der Waals surface area contributed by atoms with E-state index in [0.717, 1.165) is 30.8 Å². The van der Waals surface area contributed by atoms with Crippen molar-refractivity contribution in [3.8, 4) is 0 Å². The maximum absolute atomic E-state index is 12.8. The zero-order valence-electron chi connectivity index (χ0n) is 18.4. The Hall–Kier alpha value is -3.19. The second-order valence-corrected chi connectivity index (χ2v) is 8.71. The summed E-state index contributed by atoms with van der Waals surface area (Å²) in [6.45, 7) is 4.98. The summed E-state index contributed by atoms with van der Waals surface area (Å²) in [5.41, 5.74) is 2.50. The first-order chi connectivity index (χ1) is 15.5. The molecule has 0 radical (unpaired) electrons. The molecule has 0 aromatic heterocycles. The first kappa shape index (κ1) is 22.0. The van der Waals surface area contributed by atoms with Crippen LogP contribution in [0.5, 0.6) is 0 Å². The van der Waals surface area contributed by atoms with Crippen molar-refractivity contribution in [1.29, 1.82) is 0 Å². The van der Waals surface area contributed by atoms with Crippen molar-refractivity contribution in [2.24, 2.45) is 5.92 Å². The van der Waals surface area contributed by atoms with E-state index in [1.54, 1.807) is 18.2 Å². The van der Waals surface area contributed by atoms with Crippen LogP contribution in [0.2, 0.25) is 0 Å². The van der Waals surface area contributed by atoms with Crippen molar-refractivity contribution in [1.82, 2.24) is 20.4 Å². The summed E-state index contributed by atoms with van der Waals surface area (Å²) >= 11 is 0. The monoisotopic (exact) mass is 434 g/mol. The highest BCUT2D eigenvalue weighted by Gasteiger charge is 2.30. The maximum atomic E-state index is 12.8. The summed E-state index contributed by atoms with van der Waals surface area (Å²) in [6, 6.07) is 17.8. The number of likely N-dealkylation sites (tertiary alicyclic amines) is 1. The number of hydrogen-bond acceptors (Lipinski definition) is 4. The smallest absolute Gasteiger partial charge is 0.324 e. The van der Waals surface area contributed by atoms with Crippen LogP contribution < -0.4 is 10.6 Å². The largest absolute Gasteiger partial charge is 0.352 e. The van der Waals surface area contributed by atoms with Gasteiger partial charge in [-0.15, -0.1) is 0 Å². The first-order valence-corrected chi connectivity index (χ1v) is 11.2. The fourth-order valence-corrected chi connectivity index (χ4v) is 4.62. The Morgan fingerprint density at radius 1 is 1.06 bits per heavy atom. The molecule has 2 aromatic rings. The normalized spacial score (nSPS) is 21.1. The molecule has 2 aromatic carbocycles. The van der Waals surface area contributed by atoms with Gasteiger partial charge in [0, 0.05) is 31.2 Å². The van der Waals surface area contributed by atoms with Gasteiger partial charge in [-0.25, -0.2) is 4.79 Å². The zero-order valence-corrected chi connectivity index (χ0v) is 18.4. The number of amides is 4. The van der Waals surface area contributed by atoms with Crippen LogP contribution in [0, 0.1) is 5.92 Å². The Morgan fingerprint density at radius 3 is 2.56 bits per heavy atom. The van der Waals surface area contributed by atoms with Gasteiger partial charge in [-0.3, -0.25) is 19.4 Å². The van der Waals surface area contributed by atoms with Crippen LogP contribution in [0.4, 0.5) is 4.79 Å². The minimum absolute atomic E-state index is 0.00823. The Balaban J connectivity index is 1.28. The van der Waals surface area contributed by atoms with E-state index in [4.69, 9.17) is 0 Å². The summed E-state index contributed by atoms with van der Waals surface area (Å²) in [7, 11) is 0. The number of hydrogen-bond donors (Lipinski definition) is 2. The van der Waals surface area contributed by atoms with E-state index in [0.29, 0.717) is 29.6 Å². The quantitative estimate of drug-likeness (QED) is 0.626. The number of urea groups is 1. The lowest BCUT2D eigenvalue weighted by Crippen LogP contribution is -2.32. The van der Waals surface area contributed by atoms with Gasteiger partial charge >= 0.3 is 6.03 Å². The number of nitrogens with one attached hydrogen (secondary N) is 2. The van der Waals surface area contributed by atoms with Gasteiger partial charge in [-0.1, -0.05) is 48.5 Å². The van der Waals surface area contributed by atoms with Crippen LogP contribution in [-0.2, 0) is 17.9 Å². The summed E-state index contributed by atoms with van der Waals surface area (Å²) in [4.78, 5) is 40.2. The van der Waals surface area contributed by atoms with Crippen molar-refractivity contribution in [3.63, 3.8) is 0 Å². The molecule has 4 amide bonds. The van der Waals surface area contributed by atoms with Gasteiger partial charge in [0.25, 0.3) is 5.91 Å². The maximum Gasteiger partial charge on any atom is 0.324 e. The molecular formula is C25H30N4O3. The van der Waals surface area contributed by atoms with E-state index in [2.05, 4.69) is 46.7 Å². The molecule has 7 nitrogen and oxygen atoms in total. The molecular weight excluding hydrogens is 404 g/mol. The van der Waals surface area contributed by atoms with Crippen molar-refractivity contribution < 1.29 is 14.4 Å². The summed E-state index contributed by atoms with van der Waals surface area (Å²) in [5, 5.41) is 5.54. The average molecular weight is 435 g/mol. The van der Waals surface area contributed by atoms with Gasteiger partial charge < -0.3 is 10.6 Å². The first-order valence-electron chi connectivity index (χ1n) is 11.2. The lowest BCUT2D eigenvalue weighted by atomic mass is 10.0. The molecule has 0 aliphatic carbocycles. The van der Waals surface area contributed by atoms with Gasteiger partial charge in [0.15, 0.2) is 0 Å². The second-order valence-electron chi connectivity index (χ2n) is 8.71. The van der Waals surface area contributed by atoms with E-state index in [1.807, 2.05) is 12.1 Å². The van der Waals surface area contributed by atoms with Gasteiger partial charge in [0.05, 0.1) is 13.1 Å². The molecule has 2 aliphatic rings. The lowest BCUT2D eigenvalue weighted by Gasteiger charge is -2.21. The van der Waals surface area contributed by atoms with Crippen LogP contribution in [0.1, 0.15) is 41.3 Å². The van der Waals surface area contributed by atoms with E-state index < -0.39 is 6.03 Å². The zero-order chi connectivity index (χ0) is 22.5. The molecule has 2 N–H and O–H groups in total. The third kappa shape index (κ3) is 5.16. The van der Waals surface area contributed by atoms with Crippen molar-refractivity contribution in [3.05, 3.63) is 71.3 Å². The Bertz CT molecular complexity index is 962. The van der Waals surface area contributed by atoms with E-state index >= 15 is 0 Å². The molecule has 0 unspecified atom stereocenters. The van der Waals surface area contributed by atoms with Crippen LogP contribution in [0.3, 0.4) is 0 Å². The van der Waals surface area contributed by atoms with Crippen molar-refractivity contribution >= 4 is 17.8 Å². The third-order valence-electron chi connectivity index (χ3n) is 6.38. The fraction of sp³-hybridized carbons (Fsp3) is 0.400. The molecule has 0 bridgehead atoms. The number of carbonyl (C=O) groups excluding carboxylic acids is 3. The number of rotatable bonds is 8. The molecule has 0 spiro atoms. The highest BCUT2D eigenvalue weighted by Crippen LogP contribution is 2.27. The van der Waals surface area contributed by atoms with E-state index in [1.165, 1.54) is 5.56 Å². The minimum atomic E-state index is -0.416. The van der Waals surface area contributed by atoms with Crippen LogP contribution in [-0.4, -0.2) is 53.3 Å². The van der Waals surface area contributed by atoms with Crippen LogP contribution in [0.25, 0.3) is 0 Å². The highest BCUT2D eigenvalue weighted by atomic mass is 16.2. The van der Waals surface area contributed by atoms with Gasteiger partial charge in [-0.05, 0) is 42.9 Å². The summed E-state index contributed by atoms with van der Waals surface area (Å²) in [5.74, 6) is 0.107. The standard InChI is InChI=1S/C25H30N4O3/c1-18-13-20(16-28(18)15-19-7-3-2-4-8-19)11-12-26-24(31)22-10-6-5-9-21(22)17-29-23(30)14-27-25(29)32/h2-10,18,20H,11-17H2,1H3,(H,26,31)(H,27,32)/t18-,20+/m1/s1. The van der Waals surface area contributed by atoms with E-state index in [9.17, 15) is 14.4 Å². The number of imide groups is 1. The topological polar surface area (TPSA) is 81.8 Å². The molecule has 2 atom stereocenters. The van der Waals surface area contributed by atoms with Crippen molar-refractivity contribution in [2.45, 2.75) is 38.9 Å². The number of carbonyl (C=O) groups is 3. The summed E-state index contributed by atoms with van der Waals surface area (Å²) < 4.78 is 0. The van der Waals surface area contributed by atoms with Gasteiger partial charge in [0.1, 0.15) is 0 Å². The molecule has 168 valence electrons. The molecule has 2 heterocycles. The molecule has 32 heavy (non-hydrogen) atoms. The predicted octanol–water partition coefficient (Wildman–Crippen LogP) is 2.77. The van der Waals surface area contributed by atoms with Gasteiger partial charge in [-0.2, -0.15) is 0 Å². The van der Waals surface area contributed by atoms with E-state index in [-0.39, 0.29) is 24.9 Å². The molecule has 2 aliphatic heterocycles.